The predicted molar refractivity (Wildman–Crippen MR) is 121 cm³/mol. The van der Waals surface area contributed by atoms with Gasteiger partial charge in [-0.15, -0.1) is 0 Å². The molecule has 1 amide bonds. The van der Waals surface area contributed by atoms with Crippen molar-refractivity contribution in [1.29, 1.82) is 0 Å². The van der Waals surface area contributed by atoms with Crippen molar-refractivity contribution in [3.63, 3.8) is 0 Å². The first-order valence-corrected chi connectivity index (χ1v) is 10.2. The van der Waals surface area contributed by atoms with Gasteiger partial charge in [-0.3, -0.25) is 4.79 Å². The van der Waals surface area contributed by atoms with Crippen molar-refractivity contribution >= 4 is 22.4 Å². The van der Waals surface area contributed by atoms with Crippen molar-refractivity contribution in [1.82, 2.24) is 16.3 Å². The van der Waals surface area contributed by atoms with Gasteiger partial charge in [-0.1, -0.05) is 36.4 Å². The third kappa shape index (κ3) is 4.52. The van der Waals surface area contributed by atoms with Gasteiger partial charge in [0.1, 0.15) is 6.04 Å². The van der Waals surface area contributed by atoms with Crippen molar-refractivity contribution in [2.45, 2.75) is 25.4 Å². The van der Waals surface area contributed by atoms with E-state index in [1.807, 2.05) is 37.3 Å². The number of amides is 1. The third-order valence-electron chi connectivity index (χ3n) is 5.53. The SMILES string of the molecule is COc1ccc(/C(C)=N/NC(=O)C2CC(c3ccc4ccccc4c3)NN2)cc1OC. The lowest BCUT2D eigenvalue weighted by Gasteiger charge is -2.11. The van der Waals surface area contributed by atoms with Gasteiger partial charge in [0.25, 0.3) is 5.91 Å². The van der Waals surface area contributed by atoms with E-state index in [-0.39, 0.29) is 18.0 Å². The first-order chi connectivity index (χ1) is 15.1. The summed E-state index contributed by atoms with van der Waals surface area (Å²) in [4.78, 5) is 12.6. The van der Waals surface area contributed by atoms with Gasteiger partial charge in [0.05, 0.1) is 19.9 Å². The van der Waals surface area contributed by atoms with E-state index in [4.69, 9.17) is 9.47 Å². The van der Waals surface area contributed by atoms with Gasteiger partial charge in [0.2, 0.25) is 0 Å². The summed E-state index contributed by atoms with van der Waals surface area (Å²) in [5.74, 6) is 1.07. The van der Waals surface area contributed by atoms with Crippen molar-refractivity contribution in [3.8, 4) is 11.5 Å². The highest BCUT2D eigenvalue weighted by Crippen LogP contribution is 2.28. The molecule has 1 aliphatic rings. The molecule has 3 aromatic carbocycles. The first kappa shape index (κ1) is 20.8. The molecule has 7 nitrogen and oxygen atoms in total. The van der Waals surface area contributed by atoms with Gasteiger partial charge in [0, 0.05) is 11.6 Å². The van der Waals surface area contributed by atoms with Gasteiger partial charge in [0.15, 0.2) is 11.5 Å². The fourth-order valence-electron chi connectivity index (χ4n) is 3.71. The van der Waals surface area contributed by atoms with Crippen LogP contribution >= 0.6 is 0 Å². The number of fused-ring (bicyclic) bond motifs is 1. The lowest BCUT2D eigenvalue weighted by atomic mass is 9.99. The maximum atomic E-state index is 12.6. The number of hydrazine groups is 1. The molecular weight excluding hydrogens is 392 g/mol. The number of rotatable bonds is 6. The molecule has 0 aromatic heterocycles. The summed E-state index contributed by atoms with van der Waals surface area (Å²) in [7, 11) is 3.17. The topological polar surface area (TPSA) is 84.0 Å². The highest BCUT2D eigenvalue weighted by molar-refractivity contribution is 6.00. The smallest absolute Gasteiger partial charge is 0.258 e. The summed E-state index contributed by atoms with van der Waals surface area (Å²) in [6.07, 6.45) is 0.634. The number of benzene rings is 3. The number of nitrogens with one attached hydrogen (secondary N) is 3. The highest BCUT2D eigenvalue weighted by atomic mass is 16.5. The number of nitrogens with zero attached hydrogens (tertiary/aromatic N) is 1. The molecule has 0 saturated carbocycles. The maximum Gasteiger partial charge on any atom is 0.258 e. The molecule has 4 rings (SSSR count). The fraction of sp³-hybridized carbons (Fsp3) is 0.250. The third-order valence-corrected chi connectivity index (χ3v) is 5.53. The molecule has 1 aliphatic heterocycles. The number of hydrogen-bond acceptors (Lipinski definition) is 6. The van der Waals surface area contributed by atoms with Crippen LogP contribution in [0, 0.1) is 0 Å². The average Bonchev–Trinajstić information content (AvgIpc) is 3.32. The monoisotopic (exact) mass is 418 g/mol. The summed E-state index contributed by atoms with van der Waals surface area (Å²) in [6.45, 7) is 1.83. The van der Waals surface area contributed by atoms with Gasteiger partial charge in [-0.25, -0.2) is 16.3 Å². The molecule has 2 unspecified atom stereocenters. The van der Waals surface area contributed by atoms with E-state index < -0.39 is 0 Å². The van der Waals surface area contributed by atoms with Crippen LogP contribution in [-0.4, -0.2) is 31.9 Å². The second kappa shape index (κ2) is 9.16. The molecule has 0 aliphatic carbocycles. The van der Waals surface area contributed by atoms with E-state index in [9.17, 15) is 4.79 Å². The summed E-state index contributed by atoms with van der Waals surface area (Å²) in [5.41, 5.74) is 11.6. The van der Waals surface area contributed by atoms with Crippen LogP contribution in [0.2, 0.25) is 0 Å². The molecule has 2 atom stereocenters. The molecule has 0 spiro atoms. The normalized spacial score (nSPS) is 18.7. The van der Waals surface area contributed by atoms with Crippen LogP contribution in [0.15, 0.2) is 65.8 Å². The Morgan fingerprint density at radius 1 is 0.968 bits per heavy atom. The van der Waals surface area contributed by atoms with E-state index in [2.05, 4.69) is 51.7 Å². The summed E-state index contributed by atoms with van der Waals surface area (Å²) >= 11 is 0. The van der Waals surface area contributed by atoms with Crippen molar-refractivity contribution in [2.24, 2.45) is 5.10 Å². The number of methoxy groups -OCH3 is 2. The number of ether oxygens (including phenoxy) is 2. The molecule has 31 heavy (non-hydrogen) atoms. The Kier molecular flexibility index (Phi) is 6.16. The van der Waals surface area contributed by atoms with Crippen LogP contribution in [0.3, 0.4) is 0 Å². The Bertz CT molecular complexity index is 1130. The Labute approximate surface area is 181 Å². The zero-order chi connectivity index (χ0) is 21.8. The van der Waals surface area contributed by atoms with Crippen LogP contribution in [0.25, 0.3) is 10.8 Å². The van der Waals surface area contributed by atoms with E-state index in [1.54, 1.807) is 14.2 Å². The second-order valence-corrected chi connectivity index (χ2v) is 7.48. The van der Waals surface area contributed by atoms with Crippen LogP contribution < -0.4 is 25.8 Å². The molecule has 1 heterocycles. The second-order valence-electron chi connectivity index (χ2n) is 7.48. The highest BCUT2D eigenvalue weighted by Gasteiger charge is 2.30. The Balaban J connectivity index is 1.40. The van der Waals surface area contributed by atoms with E-state index in [0.717, 1.165) is 11.1 Å². The minimum atomic E-state index is -0.376. The lowest BCUT2D eigenvalue weighted by molar-refractivity contribution is -0.122. The first-order valence-electron chi connectivity index (χ1n) is 10.2. The molecule has 160 valence electrons. The Morgan fingerprint density at radius 3 is 2.52 bits per heavy atom. The van der Waals surface area contributed by atoms with Gasteiger partial charge in [-0.05, 0) is 53.9 Å². The summed E-state index contributed by atoms with van der Waals surface area (Å²) in [6, 6.07) is 19.8. The predicted octanol–water partition coefficient (Wildman–Crippen LogP) is 3.31. The van der Waals surface area contributed by atoms with Crippen LogP contribution in [0.4, 0.5) is 0 Å². The minimum Gasteiger partial charge on any atom is -0.493 e. The lowest BCUT2D eigenvalue weighted by Crippen LogP contribution is -2.41. The molecule has 1 saturated heterocycles. The summed E-state index contributed by atoms with van der Waals surface area (Å²) in [5, 5.41) is 6.65. The number of carbonyl (C=O) groups is 1. The van der Waals surface area contributed by atoms with Crippen molar-refractivity contribution in [3.05, 3.63) is 71.8 Å². The van der Waals surface area contributed by atoms with Crippen molar-refractivity contribution in [2.75, 3.05) is 14.2 Å². The maximum absolute atomic E-state index is 12.6. The van der Waals surface area contributed by atoms with E-state index in [1.165, 1.54) is 10.8 Å². The van der Waals surface area contributed by atoms with E-state index in [0.29, 0.717) is 23.6 Å². The largest absolute Gasteiger partial charge is 0.493 e. The molecular formula is C24H26N4O3. The standard InChI is InChI=1S/C24H26N4O3/c1-15(17-10-11-22(30-2)23(13-17)31-3)25-28-24(29)21-14-20(26-27-21)19-9-8-16-6-4-5-7-18(16)12-19/h4-13,20-21,26-27H,14H2,1-3H3,(H,28,29)/b25-15+. The number of hydrogen-bond donors (Lipinski definition) is 3. The molecule has 3 N–H and O–H groups in total. The van der Waals surface area contributed by atoms with Gasteiger partial charge < -0.3 is 9.47 Å². The van der Waals surface area contributed by atoms with Crippen LogP contribution in [0.5, 0.6) is 11.5 Å². The fourth-order valence-corrected chi connectivity index (χ4v) is 3.71. The molecule has 3 aromatic rings. The van der Waals surface area contributed by atoms with Gasteiger partial charge in [-0.2, -0.15) is 5.10 Å². The summed E-state index contributed by atoms with van der Waals surface area (Å²) < 4.78 is 10.6. The minimum absolute atomic E-state index is 0.0521. The zero-order valence-corrected chi connectivity index (χ0v) is 17.8. The molecule has 1 fully saturated rings. The van der Waals surface area contributed by atoms with Crippen molar-refractivity contribution < 1.29 is 14.3 Å². The molecule has 7 heteroatoms. The van der Waals surface area contributed by atoms with Crippen LogP contribution in [-0.2, 0) is 4.79 Å². The zero-order valence-electron chi connectivity index (χ0n) is 17.8. The quantitative estimate of drug-likeness (QED) is 0.423. The number of carbonyl (C=O) groups excluding carboxylic acids is 1. The molecule has 0 radical (unpaired) electrons. The Hall–Kier alpha value is -3.42. The molecule has 0 bridgehead atoms. The average molecular weight is 418 g/mol. The van der Waals surface area contributed by atoms with Gasteiger partial charge >= 0.3 is 0 Å². The number of hydrazone groups is 1. The Morgan fingerprint density at radius 2 is 1.74 bits per heavy atom. The van der Waals surface area contributed by atoms with Crippen LogP contribution in [0.1, 0.15) is 30.5 Å². The van der Waals surface area contributed by atoms with E-state index >= 15 is 0 Å².